The summed E-state index contributed by atoms with van der Waals surface area (Å²) in [7, 11) is 0. The van der Waals surface area contributed by atoms with Crippen LogP contribution >= 0.6 is 0 Å². The van der Waals surface area contributed by atoms with Gasteiger partial charge in [0.15, 0.2) is 0 Å². The van der Waals surface area contributed by atoms with Gasteiger partial charge in [-0.1, -0.05) is 0 Å². The Balaban J connectivity index is 3.22. The van der Waals surface area contributed by atoms with Crippen LogP contribution in [0, 0.1) is 0 Å². The molecule has 12 heavy (non-hydrogen) atoms. The molecule has 0 aromatic rings. The maximum absolute atomic E-state index is 10.9. The maximum atomic E-state index is 10.9. The average molecular weight is 175 g/mol. The average Bonchev–Trinajstić information content (AvgIpc) is 2.01. The molecule has 1 atom stereocenters. The van der Waals surface area contributed by atoms with Crippen LogP contribution in [0.3, 0.4) is 0 Å². The number of amides is 1. The van der Waals surface area contributed by atoms with Crippen molar-refractivity contribution in [3.63, 3.8) is 0 Å². The molecular formula is C8H17NO3. The number of aliphatic hydroxyl groups excluding tert-OH is 2. The number of hydrogen-bond donors (Lipinski definition) is 3. The van der Waals surface area contributed by atoms with Crippen LogP contribution in [-0.2, 0) is 4.79 Å². The number of carbonyl (C=O) groups excluding carboxylic acids is 1. The largest absolute Gasteiger partial charge is 0.396 e. The molecule has 3 N–H and O–H groups in total. The van der Waals surface area contributed by atoms with E-state index in [2.05, 4.69) is 5.32 Å². The maximum Gasteiger partial charge on any atom is 0.220 e. The van der Waals surface area contributed by atoms with Crippen LogP contribution in [0.25, 0.3) is 0 Å². The molecule has 0 rings (SSSR count). The summed E-state index contributed by atoms with van der Waals surface area (Å²) in [6.07, 6.45) is 1.28. The van der Waals surface area contributed by atoms with Crippen LogP contribution < -0.4 is 5.32 Å². The first-order chi connectivity index (χ1) is 5.66. The molecule has 0 saturated carbocycles. The van der Waals surface area contributed by atoms with Crippen molar-refractivity contribution in [2.45, 2.75) is 32.3 Å². The molecule has 4 nitrogen and oxygen atoms in total. The van der Waals surface area contributed by atoms with Gasteiger partial charge in [-0.2, -0.15) is 0 Å². The lowest BCUT2D eigenvalue weighted by Gasteiger charge is -2.06. The van der Waals surface area contributed by atoms with Gasteiger partial charge in [0.25, 0.3) is 0 Å². The van der Waals surface area contributed by atoms with E-state index in [9.17, 15) is 4.79 Å². The molecule has 0 aliphatic carbocycles. The van der Waals surface area contributed by atoms with Crippen LogP contribution in [0.4, 0.5) is 0 Å². The first kappa shape index (κ1) is 11.4. The number of rotatable bonds is 6. The van der Waals surface area contributed by atoms with E-state index in [-0.39, 0.29) is 12.5 Å². The Morgan fingerprint density at radius 1 is 1.50 bits per heavy atom. The molecule has 0 aromatic heterocycles. The zero-order valence-corrected chi connectivity index (χ0v) is 7.42. The second-order valence-corrected chi connectivity index (χ2v) is 2.83. The molecule has 0 saturated heterocycles. The summed E-state index contributed by atoms with van der Waals surface area (Å²) in [6, 6.07) is 0. The lowest BCUT2D eigenvalue weighted by atomic mass is 10.2. The van der Waals surface area contributed by atoms with Crippen LogP contribution in [0.15, 0.2) is 0 Å². The van der Waals surface area contributed by atoms with Crippen molar-refractivity contribution in [1.29, 1.82) is 0 Å². The van der Waals surface area contributed by atoms with Gasteiger partial charge in [-0.25, -0.2) is 0 Å². The third kappa shape index (κ3) is 7.50. The summed E-state index contributed by atoms with van der Waals surface area (Å²) in [5, 5.41) is 19.8. The fraction of sp³-hybridized carbons (Fsp3) is 0.875. The van der Waals surface area contributed by atoms with Gasteiger partial charge in [-0.15, -0.1) is 0 Å². The minimum Gasteiger partial charge on any atom is -0.396 e. The number of nitrogens with one attached hydrogen (secondary N) is 1. The molecule has 72 valence electrons. The second kappa shape index (κ2) is 7.06. The normalized spacial score (nSPS) is 12.6. The fourth-order valence-electron chi connectivity index (χ4n) is 0.747. The molecule has 1 amide bonds. The summed E-state index contributed by atoms with van der Waals surface area (Å²) >= 11 is 0. The molecule has 0 unspecified atom stereocenters. The number of aliphatic hydroxyl groups is 2. The molecule has 0 spiro atoms. The SMILES string of the molecule is C[C@@H](O)CNC(=O)CCCCO. The molecule has 0 bridgehead atoms. The van der Waals surface area contributed by atoms with Crippen LogP contribution in [0.5, 0.6) is 0 Å². The highest BCUT2D eigenvalue weighted by molar-refractivity contribution is 5.75. The van der Waals surface area contributed by atoms with Gasteiger partial charge in [-0.3, -0.25) is 4.79 Å². The van der Waals surface area contributed by atoms with E-state index in [1.165, 1.54) is 0 Å². The predicted octanol–water partition coefficient (Wildman–Crippen LogP) is -0.354. The molecule has 0 heterocycles. The Hall–Kier alpha value is -0.610. The smallest absolute Gasteiger partial charge is 0.220 e. The van der Waals surface area contributed by atoms with Crippen LogP contribution in [0.1, 0.15) is 26.2 Å². The Kier molecular flexibility index (Phi) is 6.70. The van der Waals surface area contributed by atoms with Crippen molar-refractivity contribution in [2.24, 2.45) is 0 Å². The van der Waals surface area contributed by atoms with Crippen molar-refractivity contribution in [3.8, 4) is 0 Å². The molecule has 0 aliphatic rings. The monoisotopic (exact) mass is 175 g/mol. The second-order valence-electron chi connectivity index (χ2n) is 2.83. The zero-order chi connectivity index (χ0) is 9.40. The Morgan fingerprint density at radius 3 is 2.67 bits per heavy atom. The van der Waals surface area contributed by atoms with Crippen molar-refractivity contribution in [2.75, 3.05) is 13.2 Å². The van der Waals surface area contributed by atoms with Crippen LogP contribution in [0.2, 0.25) is 0 Å². The van der Waals surface area contributed by atoms with Crippen molar-refractivity contribution in [3.05, 3.63) is 0 Å². The van der Waals surface area contributed by atoms with E-state index in [1.807, 2.05) is 0 Å². The van der Waals surface area contributed by atoms with E-state index in [0.717, 1.165) is 0 Å². The van der Waals surface area contributed by atoms with Crippen molar-refractivity contribution >= 4 is 5.91 Å². The van der Waals surface area contributed by atoms with Gasteiger partial charge in [0.05, 0.1) is 6.10 Å². The van der Waals surface area contributed by atoms with Gasteiger partial charge in [-0.05, 0) is 19.8 Å². The molecule has 0 fully saturated rings. The quantitative estimate of drug-likeness (QED) is 0.483. The Labute approximate surface area is 72.6 Å². The lowest BCUT2D eigenvalue weighted by molar-refractivity contribution is -0.121. The molecule has 4 heteroatoms. The lowest BCUT2D eigenvalue weighted by Crippen LogP contribution is -2.30. The third-order valence-electron chi connectivity index (χ3n) is 1.41. The van der Waals surface area contributed by atoms with Gasteiger partial charge in [0.2, 0.25) is 5.91 Å². The van der Waals surface area contributed by atoms with Crippen LogP contribution in [-0.4, -0.2) is 35.4 Å². The molecular weight excluding hydrogens is 158 g/mol. The number of unbranched alkanes of at least 4 members (excludes halogenated alkanes) is 1. The fourth-order valence-corrected chi connectivity index (χ4v) is 0.747. The van der Waals surface area contributed by atoms with Crippen molar-refractivity contribution in [1.82, 2.24) is 5.32 Å². The Bertz CT molecular complexity index is 125. The van der Waals surface area contributed by atoms with E-state index < -0.39 is 6.10 Å². The first-order valence-corrected chi connectivity index (χ1v) is 4.22. The Morgan fingerprint density at radius 2 is 2.17 bits per heavy atom. The summed E-state index contributed by atoms with van der Waals surface area (Å²) in [5.41, 5.74) is 0. The van der Waals surface area contributed by atoms with E-state index in [0.29, 0.717) is 25.8 Å². The molecule has 0 aromatic carbocycles. The van der Waals surface area contributed by atoms with Gasteiger partial charge < -0.3 is 15.5 Å². The molecule has 0 radical (unpaired) electrons. The standard InChI is InChI=1S/C8H17NO3/c1-7(11)6-9-8(12)4-2-3-5-10/h7,10-11H,2-6H2,1H3,(H,9,12)/t7-/m1/s1. The van der Waals surface area contributed by atoms with Gasteiger partial charge >= 0.3 is 0 Å². The summed E-state index contributed by atoms with van der Waals surface area (Å²) in [4.78, 5) is 10.9. The van der Waals surface area contributed by atoms with E-state index >= 15 is 0 Å². The zero-order valence-electron chi connectivity index (χ0n) is 7.42. The first-order valence-electron chi connectivity index (χ1n) is 4.22. The topological polar surface area (TPSA) is 69.6 Å². The third-order valence-corrected chi connectivity index (χ3v) is 1.41. The highest BCUT2D eigenvalue weighted by Crippen LogP contribution is 1.93. The van der Waals surface area contributed by atoms with Gasteiger partial charge in [0.1, 0.15) is 0 Å². The minimum absolute atomic E-state index is 0.0654. The van der Waals surface area contributed by atoms with E-state index in [4.69, 9.17) is 10.2 Å². The van der Waals surface area contributed by atoms with Crippen molar-refractivity contribution < 1.29 is 15.0 Å². The number of hydrogen-bond acceptors (Lipinski definition) is 3. The number of carbonyl (C=O) groups is 1. The summed E-state index contributed by atoms with van der Waals surface area (Å²) < 4.78 is 0. The summed E-state index contributed by atoms with van der Waals surface area (Å²) in [5.74, 6) is -0.0654. The summed E-state index contributed by atoms with van der Waals surface area (Å²) in [6.45, 7) is 2.05. The van der Waals surface area contributed by atoms with E-state index in [1.54, 1.807) is 6.92 Å². The van der Waals surface area contributed by atoms with Gasteiger partial charge in [0, 0.05) is 19.6 Å². The highest BCUT2D eigenvalue weighted by atomic mass is 16.3. The molecule has 0 aliphatic heterocycles. The minimum atomic E-state index is -0.494. The highest BCUT2D eigenvalue weighted by Gasteiger charge is 2.01. The predicted molar refractivity (Wildman–Crippen MR) is 45.6 cm³/mol.